The molecule has 166 valence electrons. The second kappa shape index (κ2) is 11.0. The monoisotopic (exact) mass is 455 g/mol. The van der Waals surface area contributed by atoms with Gasteiger partial charge in [0.15, 0.2) is 0 Å². The Hall–Kier alpha value is -1.56. The summed E-state index contributed by atoms with van der Waals surface area (Å²) in [4.78, 5) is 43.1. The summed E-state index contributed by atoms with van der Waals surface area (Å²) in [6, 6.07) is -0.440. The molecule has 1 saturated heterocycles. The molecule has 0 aromatic heterocycles. The van der Waals surface area contributed by atoms with Crippen molar-refractivity contribution >= 4 is 47.2 Å². The molecule has 1 saturated carbocycles. The first-order valence-corrected chi connectivity index (χ1v) is 10.3. The van der Waals surface area contributed by atoms with Crippen LogP contribution >= 0.6 is 23.4 Å². The number of ether oxygens (including phenoxy) is 3. The third-order valence-electron chi connectivity index (χ3n) is 4.07. The Labute approximate surface area is 177 Å². The van der Waals surface area contributed by atoms with Crippen LogP contribution in [0.3, 0.4) is 0 Å². The van der Waals surface area contributed by atoms with Gasteiger partial charge in [0.2, 0.25) is 5.91 Å². The third kappa shape index (κ3) is 7.32. The Morgan fingerprint density at radius 1 is 1.21 bits per heavy atom. The molecule has 1 aliphatic heterocycles. The van der Waals surface area contributed by atoms with Crippen LogP contribution in [0.4, 0.5) is 0 Å². The zero-order valence-corrected chi connectivity index (χ0v) is 18.1. The van der Waals surface area contributed by atoms with Crippen LogP contribution in [0.2, 0.25) is 0 Å². The molecule has 2 fully saturated rings. The van der Waals surface area contributed by atoms with Crippen molar-refractivity contribution in [2.24, 2.45) is 5.92 Å². The van der Waals surface area contributed by atoms with Gasteiger partial charge >= 0.3 is 11.9 Å². The first-order chi connectivity index (χ1) is 13.4. The predicted molar refractivity (Wildman–Crippen MR) is 103 cm³/mol. The molecule has 1 heterocycles. The van der Waals surface area contributed by atoms with Crippen molar-refractivity contribution in [1.29, 1.82) is 0 Å². The number of amides is 1. The quantitative estimate of drug-likeness (QED) is 0.340. The molecule has 0 bridgehead atoms. The van der Waals surface area contributed by atoms with Gasteiger partial charge in [0.25, 0.3) is 5.97 Å². The molecule has 0 aromatic rings. The van der Waals surface area contributed by atoms with E-state index in [4.69, 9.17) is 35.7 Å². The maximum atomic E-state index is 11.6. The number of aliphatic hydroxyl groups is 1. The Morgan fingerprint density at radius 2 is 1.79 bits per heavy atom. The second-order valence-corrected chi connectivity index (χ2v) is 8.10. The molecule has 0 radical (unpaired) electrons. The van der Waals surface area contributed by atoms with Gasteiger partial charge in [-0.05, 0) is 0 Å². The number of aliphatic hydroxyl groups excluding tert-OH is 1. The second-order valence-electron chi connectivity index (χ2n) is 6.66. The van der Waals surface area contributed by atoms with Crippen molar-refractivity contribution in [3.8, 4) is 0 Å². The SMILES string of the molecule is CC(=O)NC1C(SCC(O)CCl)OC2(COC(C)=O)C(OC(C)=O)C12.CC(=O)O. The van der Waals surface area contributed by atoms with Crippen molar-refractivity contribution in [1.82, 2.24) is 5.32 Å². The number of hydrogen-bond acceptors (Lipinski definition) is 9. The molecule has 2 rings (SSSR count). The molecular formula is C17H26ClNO9S. The number of carbonyl (C=O) groups excluding carboxylic acids is 3. The lowest BCUT2D eigenvalue weighted by Crippen LogP contribution is -2.43. The predicted octanol–water partition coefficient (Wildman–Crippen LogP) is 0.135. The van der Waals surface area contributed by atoms with Crippen LogP contribution in [0.5, 0.6) is 0 Å². The van der Waals surface area contributed by atoms with Gasteiger partial charge in [-0.1, -0.05) is 0 Å². The lowest BCUT2D eigenvalue weighted by atomic mass is 10.2. The molecular weight excluding hydrogens is 430 g/mol. The standard InChI is InChI=1S/C15H22ClNO7S.C2H4O2/c1-7(18)17-12-11-13(23-9(3)20)15(11,6-22-8(2)19)24-14(12)25-5-10(21)4-16;1-2(3)4/h10-14,21H,4-6H2,1-3H3,(H,17,18);1H3,(H,3,4). The van der Waals surface area contributed by atoms with Crippen LogP contribution < -0.4 is 5.32 Å². The van der Waals surface area contributed by atoms with E-state index in [1.54, 1.807) is 0 Å². The summed E-state index contributed by atoms with van der Waals surface area (Å²) in [5, 5.41) is 19.9. The molecule has 0 spiro atoms. The van der Waals surface area contributed by atoms with E-state index in [2.05, 4.69) is 5.32 Å². The highest BCUT2D eigenvalue weighted by molar-refractivity contribution is 7.99. The van der Waals surface area contributed by atoms with E-state index >= 15 is 0 Å². The van der Waals surface area contributed by atoms with E-state index in [1.165, 1.54) is 32.5 Å². The molecule has 29 heavy (non-hydrogen) atoms. The van der Waals surface area contributed by atoms with Gasteiger partial charge in [-0.3, -0.25) is 19.2 Å². The molecule has 2 aliphatic rings. The van der Waals surface area contributed by atoms with Gasteiger partial charge in [0.1, 0.15) is 23.7 Å². The Morgan fingerprint density at radius 3 is 2.24 bits per heavy atom. The van der Waals surface area contributed by atoms with Crippen molar-refractivity contribution in [2.75, 3.05) is 18.2 Å². The first kappa shape index (κ1) is 25.5. The summed E-state index contributed by atoms with van der Waals surface area (Å²) in [5.41, 5.74) is -1.46. The number of esters is 2. The lowest BCUT2D eigenvalue weighted by molar-refractivity contribution is -0.153. The number of carboxylic acid groups (broad SMARTS) is 1. The number of hydrogen-bond donors (Lipinski definition) is 3. The van der Waals surface area contributed by atoms with Gasteiger partial charge in [-0.2, -0.15) is 0 Å². The van der Waals surface area contributed by atoms with Gasteiger partial charge in [-0.15, -0.1) is 23.4 Å². The molecule has 12 heteroatoms. The molecule has 1 amide bonds. The van der Waals surface area contributed by atoms with Crippen LogP contribution in [0.15, 0.2) is 0 Å². The zero-order chi connectivity index (χ0) is 22.4. The molecule has 3 N–H and O–H groups in total. The first-order valence-electron chi connectivity index (χ1n) is 8.75. The fraction of sp³-hybridized carbons (Fsp3) is 0.765. The molecule has 6 unspecified atom stereocenters. The summed E-state index contributed by atoms with van der Waals surface area (Å²) in [5.74, 6) is -1.97. The average Bonchev–Trinajstić information content (AvgIpc) is 3.05. The Balaban J connectivity index is 0.000000960. The van der Waals surface area contributed by atoms with Crippen molar-refractivity contribution in [3.05, 3.63) is 0 Å². The number of thioether (sulfide) groups is 1. The number of alkyl halides is 1. The smallest absolute Gasteiger partial charge is 0.303 e. The Bertz CT molecular complexity index is 630. The summed E-state index contributed by atoms with van der Waals surface area (Å²) in [6.45, 7) is 4.95. The van der Waals surface area contributed by atoms with E-state index in [0.29, 0.717) is 5.75 Å². The average molecular weight is 456 g/mol. The number of carbonyl (C=O) groups is 4. The number of rotatable bonds is 8. The van der Waals surface area contributed by atoms with Crippen LogP contribution in [0, 0.1) is 5.92 Å². The van der Waals surface area contributed by atoms with Gasteiger partial charge in [0, 0.05) is 39.3 Å². The maximum absolute atomic E-state index is 11.6. The minimum absolute atomic E-state index is 0.0733. The van der Waals surface area contributed by atoms with Gasteiger partial charge < -0.3 is 29.7 Å². The number of carboxylic acids is 1. The minimum atomic E-state index is -0.978. The normalized spacial score (nSPS) is 30.1. The highest BCUT2D eigenvalue weighted by Crippen LogP contribution is 2.60. The summed E-state index contributed by atoms with van der Waals surface area (Å²) in [6.07, 6.45) is -1.31. The molecule has 1 aliphatic carbocycles. The summed E-state index contributed by atoms with van der Waals surface area (Å²) >= 11 is 6.90. The van der Waals surface area contributed by atoms with E-state index in [0.717, 1.165) is 6.92 Å². The fourth-order valence-corrected chi connectivity index (χ4v) is 4.53. The number of halogens is 1. The van der Waals surface area contributed by atoms with Crippen molar-refractivity contribution in [2.45, 2.75) is 57.0 Å². The van der Waals surface area contributed by atoms with Crippen LogP contribution in [-0.2, 0) is 33.4 Å². The topological polar surface area (TPSA) is 148 Å². The zero-order valence-electron chi connectivity index (χ0n) is 16.5. The minimum Gasteiger partial charge on any atom is -0.481 e. The van der Waals surface area contributed by atoms with Crippen molar-refractivity contribution < 1.29 is 43.6 Å². The van der Waals surface area contributed by atoms with E-state index in [9.17, 15) is 19.5 Å². The van der Waals surface area contributed by atoms with Crippen LogP contribution in [0.25, 0.3) is 0 Å². The molecule has 0 aromatic carbocycles. The van der Waals surface area contributed by atoms with Crippen LogP contribution in [0.1, 0.15) is 27.7 Å². The van der Waals surface area contributed by atoms with Crippen molar-refractivity contribution in [3.63, 3.8) is 0 Å². The number of aliphatic carboxylic acids is 1. The molecule has 10 nitrogen and oxygen atoms in total. The highest BCUT2D eigenvalue weighted by Gasteiger charge is 2.78. The largest absolute Gasteiger partial charge is 0.481 e. The molecule has 6 atom stereocenters. The Kier molecular flexibility index (Phi) is 9.66. The van der Waals surface area contributed by atoms with E-state index < -0.39 is 47.2 Å². The lowest BCUT2D eigenvalue weighted by Gasteiger charge is -2.26. The van der Waals surface area contributed by atoms with Gasteiger partial charge in [0.05, 0.1) is 18.1 Å². The highest BCUT2D eigenvalue weighted by atomic mass is 35.5. The summed E-state index contributed by atoms with van der Waals surface area (Å²) in [7, 11) is 0. The number of nitrogens with one attached hydrogen (secondary N) is 1. The maximum Gasteiger partial charge on any atom is 0.303 e. The van der Waals surface area contributed by atoms with Crippen LogP contribution in [-0.4, -0.2) is 81.6 Å². The number of fused-ring (bicyclic) bond motifs is 1. The van der Waals surface area contributed by atoms with E-state index in [-0.39, 0.29) is 24.3 Å². The fourth-order valence-electron chi connectivity index (χ4n) is 3.07. The summed E-state index contributed by atoms with van der Waals surface area (Å²) < 4.78 is 16.4. The third-order valence-corrected chi connectivity index (χ3v) is 5.72. The van der Waals surface area contributed by atoms with Gasteiger partial charge in [-0.25, -0.2) is 0 Å². The van der Waals surface area contributed by atoms with E-state index in [1.807, 2.05) is 0 Å².